The fourth-order valence-electron chi connectivity index (χ4n) is 2.11. The average Bonchev–Trinajstić information content (AvgIpc) is 2.38. The van der Waals surface area contributed by atoms with Gasteiger partial charge in [0.25, 0.3) is 0 Å². The Labute approximate surface area is 131 Å². The van der Waals surface area contributed by atoms with Crippen molar-refractivity contribution in [3.8, 4) is 5.75 Å². The van der Waals surface area contributed by atoms with E-state index in [4.69, 9.17) is 5.73 Å². The fourth-order valence-corrected chi connectivity index (χ4v) is 2.11. The molecule has 0 aromatic heterocycles. The fraction of sp³-hybridized carbons (Fsp3) is 0.500. The van der Waals surface area contributed by atoms with E-state index in [0.717, 1.165) is 24.6 Å². The molecule has 3 N–H and O–H groups in total. The first-order valence-electron chi connectivity index (χ1n) is 6.48. The predicted octanol–water partition coefficient (Wildman–Crippen LogP) is 2.56. The third kappa shape index (κ3) is 4.89. The summed E-state index contributed by atoms with van der Waals surface area (Å²) < 4.78 is 0. The Morgan fingerprint density at radius 2 is 1.89 bits per heavy atom. The Bertz CT molecular complexity index is 411. The van der Waals surface area contributed by atoms with Crippen molar-refractivity contribution in [2.45, 2.75) is 26.3 Å². The minimum Gasteiger partial charge on any atom is -0.508 e. The van der Waals surface area contributed by atoms with Crippen LogP contribution in [0.1, 0.15) is 25.3 Å². The highest BCUT2D eigenvalue weighted by molar-refractivity contribution is 14.0. The molecule has 1 aromatic rings. The monoisotopic (exact) mass is 375 g/mol. The average molecular weight is 375 g/mol. The molecule has 5 heteroatoms. The summed E-state index contributed by atoms with van der Waals surface area (Å²) in [6.07, 6.45) is 2.38. The Balaban J connectivity index is 0.00000180. The lowest BCUT2D eigenvalue weighted by Gasteiger charge is -2.31. The first-order chi connectivity index (χ1) is 8.65. The number of halogens is 1. The number of likely N-dealkylation sites (tertiary alicyclic amines) is 1. The van der Waals surface area contributed by atoms with E-state index in [-0.39, 0.29) is 29.7 Å². The molecule has 0 spiro atoms. The van der Waals surface area contributed by atoms with Gasteiger partial charge in [-0.1, -0.05) is 19.1 Å². The molecule has 1 saturated heterocycles. The normalized spacial score (nSPS) is 17.1. The molecule has 1 heterocycles. The van der Waals surface area contributed by atoms with E-state index in [2.05, 4.69) is 16.8 Å². The standard InChI is InChI=1S/C14H21N3O.HI/c1-11-6-8-17(9-7-11)14(15)16-10-12-2-4-13(18)5-3-12;/h2-5,11,18H,6-10H2,1H3,(H2,15,16);1H. The predicted molar refractivity (Wildman–Crippen MR) is 88.8 cm³/mol. The summed E-state index contributed by atoms with van der Waals surface area (Å²) in [6.45, 7) is 4.86. The lowest BCUT2D eigenvalue weighted by atomic mass is 10.00. The van der Waals surface area contributed by atoms with E-state index in [1.807, 2.05) is 12.1 Å². The minimum atomic E-state index is 0. The Morgan fingerprint density at radius 1 is 1.32 bits per heavy atom. The molecule has 0 atom stereocenters. The molecule has 1 fully saturated rings. The zero-order valence-electron chi connectivity index (χ0n) is 11.2. The number of aliphatic imine (C=N–C) groups is 1. The number of hydrogen-bond acceptors (Lipinski definition) is 2. The summed E-state index contributed by atoms with van der Waals surface area (Å²) in [5, 5.41) is 9.19. The van der Waals surface area contributed by atoms with Crippen LogP contribution >= 0.6 is 24.0 Å². The molecule has 0 saturated carbocycles. The largest absolute Gasteiger partial charge is 0.508 e. The van der Waals surface area contributed by atoms with Crippen LogP contribution in [0.5, 0.6) is 5.75 Å². The van der Waals surface area contributed by atoms with Crippen LogP contribution in [0.15, 0.2) is 29.3 Å². The van der Waals surface area contributed by atoms with Gasteiger partial charge in [-0.25, -0.2) is 4.99 Å². The molecule has 1 aliphatic rings. The van der Waals surface area contributed by atoms with Crippen LogP contribution < -0.4 is 5.73 Å². The second-order valence-electron chi connectivity index (χ2n) is 5.01. The highest BCUT2D eigenvalue weighted by Crippen LogP contribution is 2.16. The van der Waals surface area contributed by atoms with Crippen LogP contribution in [0.2, 0.25) is 0 Å². The summed E-state index contributed by atoms with van der Waals surface area (Å²) in [5.41, 5.74) is 7.05. The summed E-state index contributed by atoms with van der Waals surface area (Å²) in [7, 11) is 0. The van der Waals surface area contributed by atoms with Crippen molar-refractivity contribution < 1.29 is 5.11 Å². The molecule has 1 aliphatic heterocycles. The van der Waals surface area contributed by atoms with Crippen LogP contribution in [-0.4, -0.2) is 29.1 Å². The van der Waals surface area contributed by atoms with Gasteiger partial charge in [-0.15, -0.1) is 24.0 Å². The molecule has 2 rings (SSSR count). The Kier molecular flexibility index (Phi) is 6.41. The van der Waals surface area contributed by atoms with E-state index in [9.17, 15) is 5.11 Å². The quantitative estimate of drug-likeness (QED) is 0.475. The van der Waals surface area contributed by atoms with Crippen molar-refractivity contribution >= 4 is 29.9 Å². The molecule has 0 aliphatic carbocycles. The molecule has 106 valence electrons. The number of benzene rings is 1. The zero-order valence-corrected chi connectivity index (χ0v) is 13.6. The van der Waals surface area contributed by atoms with E-state index < -0.39 is 0 Å². The smallest absolute Gasteiger partial charge is 0.191 e. The number of nitrogens with two attached hydrogens (primary N) is 1. The molecule has 1 aromatic carbocycles. The number of phenols is 1. The number of nitrogens with zero attached hydrogens (tertiary/aromatic N) is 2. The number of piperidine rings is 1. The van der Waals surface area contributed by atoms with E-state index in [0.29, 0.717) is 12.5 Å². The lowest BCUT2D eigenvalue weighted by molar-refractivity contribution is 0.277. The van der Waals surface area contributed by atoms with Gasteiger partial charge in [0, 0.05) is 13.1 Å². The molecule has 4 nitrogen and oxygen atoms in total. The number of aromatic hydroxyl groups is 1. The highest BCUT2D eigenvalue weighted by atomic mass is 127. The topological polar surface area (TPSA) is 61.8 Å². The van der Waals surface area contributed by atoms with Crippen LogP contribution in [0.25, 0.3) is 0 Å². The summed E-state index contributed by atoms with van der Waals surface area (Å²) >= 11 is 0. The molecule has 0 bridgehead atoms. The van der Waals surface area contributed by atoms with Crippen LogP contribution in [-0.2, 0) is 6.54 Å². The SMILES string of the molecule is CC1CCN(C(N)=NCc2ccc(O)cc2)CC1.I. The summed E-state index contributed by atoms with van der Waals surface area (Å²) in [5.74, 6) is 1.71. The van der Waals surface area contributed by atoms with Crippen molar-refractivity contribution in [3.63, 3.8) is 0 Å². The van der Waals surface area contributed by atoms with Crippen molar-refractivity contribution in [1.29, 1.82) is 0 Å². The first kappa shape index (κ1) is 16.1. The van der Waals surface area contributed by atoms with Crippen molar-refractivity contribution in [2.75, 3.05) is 13.1 Å². The molecular formula is C14H22IN3O. The number of rotatable bonds is 2. The van der Waals surface area contributed by atoms with Gasteiger partial charge in [0.05, 0.1) is 6.54 Å². The van der Waals surface area contributed by atoms with Gasteiger partial charge >= 0.3 is 0 Å². The first-order valence-corrected chi connectivity index (χ1v) is 6.48. The van der Waals surface area contributed by atoms with Gasteiger partial charge in [0.1, 0.15) is 5.75 Å². The van der Waals surface area contributed by atoms with Crippen molar-refractivity contribution in [2.24, 2.45) is 16.6 Å². The molecular weight excluding hydrogens is 353 g/mol. The number of guanidine groups is 1. The van der Waals surface area contributed by atoms with E-state index in [1.54, 1.807) is 12.1 Å². The van der Waals surface area contributed by atoms with Gasteiger partial charge in [-0.3, -0.25) is 0 Å². The second-order valence-corrected chi connectivity index (χ2v) is 5.01. The van der Waals surface area contributed by atoms with Crippen molar-refractivity contribution in [3.05, 3.63) is 29.8 Å². The molecule has 0 radical (unpaired) electrons. The zero-order chi connectivity index (χ0) is 13.0. The van der Waals surface area contributed by atoms with Gasteiger partial charge < -0.3 is 15.7 Å². The van der Waals surface area contributed by atoms with Crippen molar-refractivity contribution in [1.82, 2.24) is 4.90 Å². The third-order valence-corrected chi connectivity index (χ3v) is 3.47. The van der Waals surface area contributed by atoms with Gasteiger partial charge in [0.15, 0.2) is 5.96 Å². The van der Waals surface area contributed by atoms with Gasteiger partial charge in [-0.05, 0) is 36.5 Å². The van der Waals surface area contributed by atoms with E-state index in [1.165, 1.54) is 12.8 Å². The number of phenolic OH excluding ortho intramolecular Hbond substituents is 1. The summed E-state index contributed by atoms with van der Waals surface area (Å²) in [4.78, 5) is 6.56. The molecule has 0 amide bonds. The van der Waals surface area contributed by atoms with Gasteiger partial charge in [-0.2, -0.15) is 0 Å². The van der Waals surface area contributed by atoms with E-state index >= 15 is 0 Å². The molecule has 0 unspecified atom stereocenters. The van der Waals surface area contributed by atoms with Crippen LogP contribution in [0.4, 0.5) is 0 Å². The minimum absolute atomic E-state index is 0. The maximum atomic E-state index is 9.19. The van der Waals surface area contributed by atoms with Crippen LogP contribution in [0.3, 0.4) is 0 Å². The maximum Gasteiger partial charge on any atom is 0.191 e. The highest BCUT2D eigenvalue weighted by Gasteiger charge is 2.16. The Hall–Kier alpha value is -0.980. The van der Waals surface area contributed by atoms with Crippen LogP contribution in [0, 0.1) is 5.92 Å². The number of hydrogen-bond donors (Lipinski definition) is 2. The Morgan fingerprint density at radius 3 is 2.47 bits per heavy atom. The summed E-state index contributed by atoms with van der Waals surface area (Å²) in [6, 6.07) is 7.07. The maximum absolute atomic E-state index is 9.19. The van der Waals surface area contributed by atoms with Gasteiger partial charge in [0.2, 0.25) is 0 Å². The third-order valence-electron chi connectivity index (χ3n) is 3.47. The lowest BCUT2D eigenvalue weighted by Crippen LogP contribution is -2.42. The molecule has 19 heavy (non-hydrogen) atoms. The second kappa shape index (κ2) is 7.57.